The molecule has 17 heavy (non-hydrogen) atoms. The van der Waals surface area contributed by atoms with Crippen LogP contribution in [0.1, 0.15) is 19.3 Å². The molecule has 2 atom stereocenters. The van der Waals surface area contributed by atoms with E-state index in [-0.39, 0.29) is 23.7 Å². The molecule has 0 radical (unpaired) electrons. The maximum Gasteiger partial charge on any atom is 0.229 e. The standard InChI is InChI=1S/C13H17FN2O/c1-16(12-6-3-10(14)4-7-12)13(17)9-2-5-11(15)8-9/h3-4,6-7,9,11H,2,5,8,15H2,1H3. The predicted octanol–water partition coefficient (Wildman–Crippen LogP) is 1.92. The van der Waals surface area contributed by atoms with Gasteiger partial charge in [-0.3, -0.25) is 4.79 Å². The molecule has 1 aliphatic rings. The molecule has 0 bridgehead atoms. The van der Waals surface area contributed by atoms with Crippen LogP contribution in [0.5, 0.6) is 0 Å². The van der Waals surface area contributed by atoms with Crippen molar-refractivity contribution in [3.8, 4) is 0 Å². The minimum atomic E-state index is -0.294. The van der Waals surface area contributed by atoms with Crippen LogP contribution in [-0.2, 0) is 4.79 Å². The molecule has 2 N–H and O–H groups in total. The summed E-state index contributed by atoms with van der Waals surface area (Å²) in [5.41, 5.74) is 6.52. The molecule has 1 fully saturated rings. The van der Waals surface area contributed by atoms with E-state index in [0.717, 1.165) is 24.9 Å². The molecule has 1 aromatic rings. The van der Waals surface area contributed by atoms with Gasteiger partial charge in [0.1, 0.15) is 5.82 Å². The van der Waals surface area contributed by atoms with Crippen LogP contribution in [0.3, 0.4) is 0 Å². The zero-order valence-corrected chi connectivity index (χ0v) is 9.90. The summed E-state index contributed by atoms with van der Waals surface area (Å²) in [6.45, 7) is 0. The molecule has 0 saturated heterocycles. The van der Waals surface area contributed by atoms with Crippen LogP contribution < -0.4 is 10.6 Å². The summed E-state index contributed by atoms with van der Waals surface area (Å²) in [6.07, 6.45) is 2.52. The van der Waals surface area contributed by atoms with Gasteiger partial charge in [0.25, 0.3) is 0 Å². The van der Waals surface area contributed by atoms with Crippen molar-refractivity contribution in [2.24, 2.45) is 11.7 Å². The highest BCUT2D eigenvalue weighted by Gasteiger charge is 2.30. The third-order valence-corrected chi connectivity index (χ3v) is 3.37. The van der Waals surface area contributed by atoms with Gasteiger partial charge in [-0.25, -0.2) is 4.39 Å². The van der Waals surface area contributed by atoms with Crippen molar-refractivity contribution < 1.29 is 9.18 Å². The van der Waals surface area contributed by atoms with Crippen LogP contribution in [0.4, 0.5) is 10.1 Å². The van der Waals surface area contributed by atoms with Gasteiger partial charge >= 0.3 is 0 Å². The van der Waals surface area contributed by atoms with Gasteiger partial charge in [0.05, 0.1) is 0 Å². The Morgan fingerprint density at radius 2 is 2.00 bits per heavy atom. The Bertz CT molecular complexity index is 404. The highest BCUT2D eigenvalue weighted by atomic mass is 19.1. The Morgan fingerprint density at radius 1 is 1.35 bits per heavy atom. The van der Waals surface area contributed by atoms with E-state index in [2.05, 4.69) is 0 Å². The lowest BCUT2D eigenvalue weighted by Gasteiger charge is -2.21. The predicted molar refractivity (Wildman–Crippen MR) is 65.1 cm³/mol. The smallest absolute Gasteiger partial charge is 0.229 e. The maximum absolute atomic E-state index is 12.8. The Kier molecular flexibility index (Phi) is 3.43. The lowest BCUT2D eigenvalue weighted by atomic mass is 10.1. The largest absolute Gasteiger partial charge is 0.328 e. The van der Waals surface area contributed by atoms with E-state index in [0.29, 0.717) is 0 Å². The number of amides is 1. The fraction of sp³-hybridized carbons (Fsp3) is 0.462. The number of anilines is 1. The van der Waals surface area contributed by atoms with E-state index in [1.54, 1.807) is 24.1 Å². The van der Waals surface area contributed by atoms with Crippen molar-refractivity contribution in [2.75, 3.05) is 11.9 Å². The number of nitrogens with zero attached hydrogens (tertiary/aromatic N) is 1. The third kappa shape index (κ3) is 2.64. The molecule has 2 unspecified atom stereocenters. The number of carbonyl (C=O) groups is 1. The number of carbonyl (C=O) groups excluding carboxylic acids is 1. The van der Waals surface area contributed by atoms with Crippen LogP contribution in [0.15, 0.2) is 24.3 Å². The van der Waals surface area contributed by atoms with Gasteiger partial charge in [0.15, 0.2) is 0 Å². The van der Waals surface area contributed by atoms with E-state index >= 15 is 0 Å². The zero-order chi connectivity index (χ0) is 12.4. The van der Waals surface area contributed by atoms with Crippen molar-refractivity contribution in [1.82, 2.24) is 0 Å². The molecule has 0 spiro atoms. The van der Waals surface area contributed by atoms with Crippen molar-refractivity contribution in [3.05, 3.63) is 30.1 Å². The first-order valence-corrected chi connectivity index (χ1v) is 5.86. The zero-order valence-electron chi connectivity index (χ0n) is 9.90. The summed E-state index contributed by atoms with van der Waals surface area (Å²) in [6, 6.07) is 6.09. The third-order valence-electron chi connectivity index (χ3n) is 3.37. The summed E-state index contributed by atoms with van der Waals surface area (Å²) in [5.74, 6) is -0.206. The van der Waals surface area contributed by atoms with Gasteiger partial charge in [0, 0.05) is 24.7 Å². The summed E-state index contributed by atoms with van der Waals surface area (Å²) in [7, 11) is 1.72. The quantitative estimate of drug-likeness (QED) is 0.852. The van der Waals surface area contributed by atoms with Gasteiger partial charge in [-0.2, -0.15) is 0 Å². The topological polar surface area (TPSA) is 46.3 Å². The molecule has 3 nitrogen and oxygen atoms in total. The van der Waals surface area contributed by atoms with E-state index in [9.17, 15) is 9.18 Å². The second-order valence-electron chi connectivity index (χ2n) is 4.64. The van der Waals surface area contributed by atoms with Crippen molar-refractivity contribution in [1.29, 1.82) is 0 Å². The highest BCUT2D eigenvalue weighted by molar-refractivity contribution is 5.94. The highest BCUT2D eigenvalue weighted by Crippen LogP contribution is 2.27. The average Bonchev–Trinajstić information content (AvgIpc) is 2.75. The monoisotopic (exact) mass is 236 g/mol. The Hall–Kier alpha value is -1.42. The van der Waals surface area contributed by atoms with Crippen LogP contribution in [-0.4, -0.2) is 19.0 Å². The van der Waals surface area contributed by atoms with Crippen LogP contribution >= 0.6 is 0 Å². The first-order valence-electron chi connectivity index (χ1n) is 5.86. The van der Waals surface area contributed by atoms with Crippen molar-refractivity contribution in [2.45, 2.75) is 25.3 Å². The van der Waals surface area contributed by atoms with Crippen LogP contribution in [0.25, 0.3) is 0 Å². The molecule has 92 valence electrons. The summed E-state index contributed by atoms with van der Waals surface area (Å²) in [4.78, 5) is 13.7. The van der Waals surface area contributed by atoms with E-state index < -0.39 is 0 Å². The molecule has 4 heteroatoms. The summed E-state index contributed by atoms with van der Waals surface area (Å²) in [5, 5.41) is 0. The van der Waals surface area contributed by atoms with Gasteiger partial charge in [0.2, 0.25) is 5.91 Å². The SMILES string of the molecule is CN(C(=O)C1CCC(N)C1)c1ccc(F)cc1. The molecule has 0 heterocycles. The van der Waals surface area contributed by atoms with E-state index in [1.807, 2.05) is 0 Å². The number of nitrogens with two attached hydrogens (primary N) is 1. The fourth-order valence-corrected chi connectivity index (χ4v) is 2.31. The number of halogens is 1. The average molecular weight is 236 g/mol. The van der Waals surface area contributed by atoms with E-state index in [1.165, 1.54) is 12.1 Å². The molecular formula is C13H17FN2O. The minimum Gasteiger partial charge on any atom is -0.328 e. The number of rotatable bonds is 2. The minimum absolute atomic E-state index is 0.0139. The Balaban J connectivity index is 2.06. The number of hydrogen-bond acceptors (Lipinski definition) is 2. The summed E-state index contributed by atoms with van der Waals surface area (Å²) < 4.78 is 12.8. The molecule has 0 aliphatic heterocycles. The second kappa shape index (κ2) is 4.84. The molecular weight excluding hydrogens is 219 g/mol. The normalized spacial score (nSPS) is 23.7. The first kappa shape index (κ1) is 12.0. The van der Waals surface area contributed by atoms with Gasteiger partial charge in [-0.1, -0.05) is 0 Å². The molecule has 0 aromatic heterocycles. The number of hydrogen-bond donors (Lipinski definition) is 1. The van der Waals surface area contributed by atoms with Crippen molar-refractivity contribution in [3.63, 3.8) is 0 Å². The van der Waals surface area contributed by atoms with Crippen LogP contribution in [0, 0.1) is 11.7 Å². The molecule has 1 amide bonds. The van der Waals surface area contributed by atoms with Gasteiger partial charge in [-0.05, 0) is 43.5 Å². The van der Waals surface area contributed by atoms with Crippen LogP contribution in [0.2, 0.25) is 0 Å². The Morgan fingerprint density at radius 3 is 2.53 bits per heavy atom. The van der Waals surface area contributed by atoms with Gasteiger partial charge in [-0.15, -0.1) is 0 Å². The molecule has 2 rings (SSSR count). The second-order valence-corrected chi connectivity index (χ2v) is 4.64. The lowest BCUT2D eigenvalue weighted by Crippen LogP contribution is -2.32. The number of benzene rings is 1. The fourth-order valence-electron chi connectivity index (χ4n) is 2.31. The van der Waals surface area contributed by atoms with E-state index in [4.69, 9.17) is 5.73 Å². The first-order chi connectivity index (χ1) is 8.08. The molecule has 1 saturated carbocycles. The van der Waals surface area contributed by atoms with Crippen molar-refractivity contribution >= 4 is 11.6 Å². The molecule has 1 aliphatic carbocycles. The molecule has 1 aromatic carbocycles. The Labute approximate surface area is 100 Å². The summed E-state index contributed by atoms with van der Waals surface area (Å²) >= 11 is 0. The maximum atomic E-state index is 12.8. The lowest BCUT2D eigenvalue weighted by molar-refractivity contribution is -0.121. The van der Waals surface area contributed by atoms with Gasteiger partial charge < -0.3 is 10.6 Å².